The highest BCUT2D eigenvalue weighted by molar-refractivity contribution is 7.98. The Balaban J connectivity index is 2.29. The van der Waals surface area contributed by atoms with Crippen LogP contribution in [0.25, 0.3) is 10.9 Å². The van der Waals surface area contributed by atoms with Crippen LogP contribution in [0.15, 0.2) is 30.5 Å². The van der Waals surface area contributed by atoms with Gasteiger partial charge in [0.1, 0.15) is 18.1 Å². The van der Waals surface area contributed by atoms with Crippen LogP contribution in [-0.4, -0.2) is 75.9 Å². The molecule has 214 valence electrons. The number of carboxylic acids is 1. The zero-order chi connectivity index (χ0) is 29.1. The standard InChI is InChI=1S/C26H38N6O6S/c1-14(2)10-17(27)23(34)31-20(11-15-13-29-18-7-5-4-6-16(15)18)24(35)32-21(12-22(28)33)25(36)30-19(26(37)38)8-9-39-3/h4-7,13-14,17,19-21,29H,8-12,27H2,1-3H3,(H2,28,33)(H,30,36)(H,31,34)(H,32,35)(H,37,38). The van der Waals surface area contributed by atoms with Crippen molar-refractivity contribution in [2.24, 2.45) is 17.4 Å². The summed E-state index contributed by atoms with van der Waals surface area (Å²) in [5.41, 5.74) is 12.9. The molecule has 1 aromatic carbocycles. The van der Waals surface area contributed by atoms with Crippen LogP contribution in [0.2, 0.25) is 0 Å². The van der Waals surface area contributed by atoms with Crippen molar-refractivity contribution in [3.8, 4) is 0 Å². The Labute approximate surface area is 231 Å². The third-order valence-corrected chi connectivity index (χ3v) is 6.70. The van der Waals surface area contributed by atoms with Crippen molar-refractivity contribution in [3.63, 3.8) is 0 Å². The number of carboxylic acid groups (broad SMARTS) is 1. The summed E-state index contributed by atoms with van der Waals surface area (Å²) in [7, 11) is 0. The van der Waals surface area contributed by atoms with Crippen molar-refractivity contribution in [1.29, 1.82) is 0 Å². The molecule has 4 atom stereocenters. The first-order chi connectivity index (χ1) is 18.4. The van der Waals surface area contributed by atoms with Gasteiger partial charge in [0, 0.05) is 23.5 Å². The molecule has 0 radical (unpaired) electrons. The number of H-pyrrole nitrogens is 1. The first kappa shape index (κ1) is 31.6. The molecule has 2 aromatic rings. The van der Waals surface area contributed by atoms with Gasteiger partial charge in [-0.15, -0.1) is 0 Å². The van der Waals surface area contributed by atoms with Gasteiger partial charge in [-0.25, -0.2) is 4.79 Å². The molecule has 2 rings (SSSR count). The summed E-state index contributed by atoms with van der Waals surface area (Å²) >= 11 is 1.41. The van der Waals surface area contributed by atoms with Gasteiger partial charge in [0.2, 0.25) is 23.6 Å². The second-order valence-electron chi connectivity index (χ2n) is 9.77. The fourth-order valence-corrected chi connectivity index (χ4v) is 4.54. The predicted molar refractivity (Wildman–Crippen MR) is 150 cm³/mol. The van der Waals surface area contributed by atoms with E-state index in [4.69, 9.17) is 11.5 Å². The second-order valence-corrected chi connectivity index (χ2v) is 10.8. The summed E-state index contributed by atoms with van der Waals surface area (Å²) in [6, 6.07) is 2.77. The molecule has 9 N–H and O–H groups in total. The Kier molecular flexibility index (Phi) is 12.3. The number of benzene rings is 1. The Morgan fingerprint density at radius 2 is 1.59 bits per heavy atom. The molecule has 0 aliphatic rings. The molecule has 0 aliphatic heterocycles. The van der Waals surface area contributed by atoms with E-state index in [9.17, 15) is 29.1 Å². The molecule has 1 aromatic heterocycles. The Hall–Kier alpha value is -3.58. The van der Waals surface area contributed by atoms with E-state index >= 15 is 0 Å². The number of nitrogens with two attached hydrogens (primary N) is 2. The van der Waals surface area contributed by atoms with Crippen LogP contribution in [0.4, 0.5) is 0 Å². The van der Waals surface area contributed by atoms with Gasteiger partial charge in [0.15, 0.2) is 0 Å². The lowest BCUT2D eigenvalue weighted by atomic mass is 10.0. The number of thioether (sulfide) groups is 1. The van der Waals surface area contributed by atoms with Crippen LogP contribution < -0.4 is 27.4 Å². The molecule has 4 unspecified atom stereocenters. The largest absolute Gasteiger partial charge is 0.480 e. The maximum absolute atomic E-state index is 13.4. The molecule has 0 aliphatic carbocycles. The number of hydrogen-bond donors (Lipinski definition) is 7. The predicted octanol–water partition coefficient (Wildman–Crippen LogP) is 0.251. The fourth-order valence-electron chi connectivity index (χ4n) is 4.07. The average molecular weight is 563 g/mol. The highest BCUT2D eigenvalue weighted by Gasteiger charge is 2.31. The van der Waals surface area contributed by atoms with Gasteiger partial charge in [-0.05, 0) is 42.4 Å². The number of aromatic amines is 1. The van der Waals surface area contributed by atoms with Crippen molar-refractivity contribution in [2.45, 2.75) is 63.7 Å². The number of aromatic nitrogens is 1. The maximum Gasteiger partial charge on any atom is 0.326 e. The zero-order valence-corrected chi connectivity index (χ0v) is 23.2. The van der Waals surface area contributed by atoms with E-state index in [1.807, 2.05) is 38.1 Å². The van der Waals surface area contributed by atoms with Crippen molar-refractivity contribution < 1.29 is 29.1 Å². The lowest BCUT2D eigenvalue weighted by Crippen LogP contribution is -2.58. The molecule has 13 heteroatoms. The molecule has 12 nitrogen and oxygen atoms in total. The minimum atomic E-state index is -1.45. The second kappa shape index (κ2) is 15.1. The van der Waals surface area contributed by atoms with Crippen molar-refractivity contribution in [1.82, 2.24) is 20.9 Å². The molecule has 0 bridgehead atoms. The molecular weight excluding hydrogens is 524 g/mol. The third kappa shape index (κ3) is 9.91. The normalized spacial score (nSPS) is 14.3. The first-order valence-electron chi connectivity index (χ1n) is 12.6. The lowest BCUT2D eigenvalue weighted by molar-refractivity contribution is -0.142. The van der Waals surface area contributed by atoms with Gasteiger partial charge < -0.3 is 37.5 Å². The molecule has 0 saturated carbocycles. The topological polar surface area (TPSA) is 209 Å². The molecule has 1 heterocycles. The minimum Gasteiger partial charge on any atom is -0.480 e. The molecule has 0 saturated heterocycles. The Morgan fingerprint density at radius 3 is 2.21 bits per heavy atom. The summed E-state index contributed by atoms with van der Waals surface area (Å²) in [5.74, 6) is -3.66. The van der Waals surface area contributed by atoms with Gasteiger partial charge in [-0.1, -0.05) is 32.0 Å². The van der Waals surface area contributed by atoms with E-state index < -0.39 is 60.2 Å². The van der Waals surface area contributed by atoms with E-state index in [-0.39, 0.29) is 18.8 Å². The number of para-hydroxylation sites is 1. The van der Waals surface area contributed by atoms with Crippen molar-refractivity contribution >= 4 is 52.3 Å². The quantitative estimate of drug-likeness (QED) is 0.150. The monoisotopic (exact) mass is 562 g/mol. The van der Waals surface area contributed by atoms with Crippen LogP contribution in [0.1, 0.15) is 38.7 Å². The lowest BCUT2D eigenvalue weighted by Gasteiger charge is -2.25. The van der Waals surface area contributed by atoms with Gasteiger partial charge in [0.25, 0.3) is 0 Å². The fraction of sp³-hybridized carbons (Fsp3) is 0.500. The summed E-state index contributed by atoms with van der Waals surface area (Å²) in [6.45, 7) is 3.83. The highest BCUT2D eigenvalue weighted by Crippen LogP contribution is 2.19. The Morgan fingerprint density at radius 1 is 0.974 bits per heavy atom. The Bertz CT molecular complexity index is 1170. The van der Waals surface area contributed by atoms with E-state index in [1.54, 1.807) is 12.5 Å². The van der Waals surface area contributed by atoms with Crippen molar-refractivity contribution in [3.05, 3.63) is 36.0 Å². The van der Waals surface area contributed by atoms with Crippen molar-refractivity contribution in [2.75, 3.05) is 12.0 Å². The molecule has 39 heavy (non-hydrogen) atoms. The molecule has 0 spiro atoms. The zero-order valence-electron chi connectivity index (χ0n) is 22.4. The number of hydrogen-bond acceptors (Lipinski definition) is 7. The number of aliphatic carboxylic acids is 1. The van der Waals surface area contributed by atoms with E-state index in [0.717, 1.165) is 16.5 Å². The average Bonchev–Trinajstić information content (AvgIpc) is 3.27. The van der Waals surface area contributed by atoms with E-state index in [2.05, 4.69) is 20.9 Å². The summed E-state index contributed by atoms with van der Waals surface area (Å²) in [5, 5.41) is 17.8. The summed E-state index contributed by atoms with van der Waals surface area (Å²) in [6.07, 6.45) is 3.56. The van der Waals surface area contributed by atoms with Crippen LogP contribution in [-0.2, 0) is 30.4 Å². The van der Waals surface area contributed by atoms with E-state index in [1.165, 1.54) is 11.8 Å². The number of carbonyl (C=O) groups excluding carboxylic acids is 4. The van der Waals surface area contributed by atoms with Crippen LogP contribution >= 0.6 is 11.8 Å². The SMILES string of the molecule is CSCCC(NC(=O)C(CC(N)=O)NC(=O)C(Cc1c[nH]c2ccccc12)NC(=O)C(N)CC(C)C)C(=O)O. The van der Waals surface area contributed by atoms with Crippen LogP contribution in [0, 0.1) is 5.92 Å². The smallest absolute Gasteiger partial charge is 0.326 e. The third-order valence-electron chi connectivity index (χ3n) is 6.06. The van der Waals surface area contributed by atoms with Gasteiger partial charge in [-0.2, -0.15) is 11.8 Å². The summed E-state index contributed by atoms with van der Waals surface area (Å²) in [4.78, 5) is 65.7. The van der Waals surface area contributed by atoms with Gasteiger partial charge >= 0.3 is 5.97 Å². The number of nitrogens with one attached hydrogen (secondary N) is 4. The number of primary amides is 1. The number of rotatable bonds is 16. The van der Waals surface area contributed by atoms with Crippen LogP contribution in [0.3, 0.4) is 0 Å². The maximum atomic E-state index is 13.4. The molecular formula is C26H38N6O6S. The minimum absolute atomic E-state index is 0.0619. The number of amides is 4. The molecule has 4 amide bonds. The summed E-state index contributed by atoms with van der Waals surface area (Å²) < 4.78 is 0. The van der Waals surface area contributed by atoms with Crippen LogP contribution in [0.5, 0.6) is 0 Å². The highest BCUT2D eigenvalue weighted by atomic mass is 32.2. The first-order valence-corrected chi connectivity index (χ1v) is 14.0. The number of carbonyl (C=O) groups is 5. The van der Waals surface area contributed by atoms with E-state index in [0.29, 0.717) is 12.2 Å². The number of fused-ring (bicyclic) bond motifs is 1. The van der Waals surface area contributed by atoms with Gasteiger partial charge in [-0.3, -0.25) is 19.2 Å². The molecule has 0 fully saturated rings. The van der Waals surface area contributed by atoms with Gasteiger partial charge in [0.05, 0.1) is 12.5 Å².